The smallest absolute Gasteiger partial charge is 0.270 e. The second-order valence-electron chi connectivity index (χ2n) is 4.85. The van der Waals surface area contributed by atoms with E-state index in [1.165, 1.54) is 23.5 Å². The highest BCUT2D eigenvalue weighted by atomic mass is 32.1. The summed E-state index contributed by atoms with van der Waals surface area (Å²) in [6.07, 6.45) is 3.46. The molecule has 2 aromatic rings. The van der Waals surface area contributed by atoms with Gasteiger partial charge < -0.3 is 5.32 Å². The molecule has 0 aliphatic carbocycles. The maximum absolute atomic E-state index is 11.7. The number of benzene rings is 1. The first-order valence-corrected chi connectivity index (χ1v) is 7.98. The van der Waals surface area contributed by atoms with Gasteiger partial charge in [0.25, 0.3) is 5.69 Å². The quantitative estimate of drug-likeness (QED) is 0.470. The number of nitrogens with one attached hydrogen (secondary N) is 1. The van der Waals surface area contributed by atoms with Gasteiger partial charge in [0.15, 0.2) is 5.13 Å². The van der Waals surface area contributed by atoms with Crippen molar-refractivity contribution in [2.45, 2.75) is 32.6 Å². The van der Waals surface area contributed by atoms with Crippen LogP contribution in [0.5, 0.6) is 0 Å². The molecule has 1 N–H and O–H groups in total. The average Bonchev–Trinajstić information content (AvgIpc) is 2.96. The fraction of sp³-hybridized carbons (Fsp3) is 0.333. The van der Waals surface area contributed by atoms with E-state index in [2.05, 4.69) is 17.2 Å². The summed E-state index contributed by atoms with van der Waals surface area (Å²) in [5, 5.41) is 15.8. The first-order chi connectivity index (χ1) is 10.6. The lowest BCUT2D eigenvalue weighted by molar-refractivity contribution is -0.384. The molecule has 1 heterocycles. The molecule has 0 spiro atoms. The number of anilines is 1. The van der Waals surface area contributed by atoms with Crippen LogP contribution in [0.2, 0.25) is 0 Å². The Morgan fingerprint density at radius 2 is 2.23 bits per heavy atom. The summed E-state index contributed by atoms with van der Waals surface area (Å²) < 4.78 is 0. The number of nitro groups is 1. The van der Waals surface area contributed by atoms with E-state index < -0.39 is 4.92 Å². The van der Waals surface area contributed by atoms with Crippen molar-refractivity contribution in [2.75, 3.05) is 5.32 Å². The number of hydrogen-bond donors (Lipinski definition) is 1. The van der Waals surface area contributed by atoms with Crippen LogP contribution in [0.25, 0.3) is 11.3 Å². The number of rotatable bonds is 7. The number of carbonyl (C=O) groups is 1. The minimum atomic E-state index is -0.438. The Kier molecular flexibility index (Phi) is 5.60. The maximum Gasteiger partial charge on any atom is 0.270 e. The van der Waals surface area contributed by atoms with Crippen LogP contribution in [0.1, 0.15) is 32.6 Å². The molecule has 0 bridgehead atoms. The van der Waals surface area contributed by atoms with E-state index in [1.54, 1.807) is 17.5 Å². The van der Waals surface area contributed by atoms with Crippen LogP contribution in [0, 0.1) is 10.1 Å². The Bertz CT molecular complexity index is 670. The monoisotopic (exact) mass is 319 g/mol. The third-order valence-electron chi connectivity index (χ3n) is 3.11. The van der Waals surface area contributed by atoms with Crippen LogP contribution in [-0.2, 0) is 4.79 Å². The summed E-state index contributed by atoms with van der Waals surface area (Å²) in [4.78, 5) is 26.4. The van der Waals surface area contributed by atoms with Gasteiger partial charge in [-0.3, -0.25) is 14.9 Å². The Morgan fingerprint density at radius 3 is 2.95 bits per heavy atom. The standard InChI is InChI=1S/C15H17N3O3S/c1-2-3-4-8-14(19)17-15-16-13(10-22-15)11-6-5-7-12(9-11)18(20)21/h5-7,9-10H,2-4,8H2,1H3,(H,16,17,19). The summed E-state index contributed by atoms with van der Waals surface area (Å²) in [7, 11) is 0. The highest BCUT2D eigenvalue weighted by molar-refractivity contribution is 7.14. The third kappa shape index (κ3) is 4.36. The molecule has 0 aliphatic heterocycles. The van der Waals surface area contributed by atoms with Crippen LogP contribution in [0.3, 0.4) is 0 Å². The average molecular weight is 319 g/mol. The number of aromatic nitrogens is 1. The highest BCUT2D eigenvalue weighted by Gasteiger charge is 2.11. The molecule has 0 saturated heterocycles. The Labute approximate surface area is 132 Å². The molecule has 22 heavy (non-hydrogen) atoms. The number of unbranched alkanes of at least 4 members (excludes halogenated alkanes) is 2. The van der Waals surface area contributed by atoms with Crippen molar-refractivity contribution in [3.05, 3.63) is 39.8 Å². The number of nitrogens with zero attached hydrogens (tertiary/aromatic N) is 2. The topological polar surface area (TPSA) is 85.1 Å². The summed E-state index contributed by atoms with van der Waals surface area (Å²) >= 11 is 1.31. The summed E-state index contributed by atoms with van der Waals surface area (Å²) in [6.45, 7) is 2.09. The van der Waals surface area contributed by atoms with Crippen molar-refractivity contribution in [3.8, 4) is 11.3 Å². The molecule has 1 aromatic heterocycles. The van der Waals surface area contributed by atoms with Gasteiger partial charge in [-0.1, -0.05) is 31.9 Å². The number of thiazole rings is 1. The van der Waals surface area contributed by atoms with Gasteiger partial charge in [0.05, 0.1) is 10.6 Å². The van der Waals surface area contributed by atoms with E-state index in [0.717, 1.165) is 19.3 Å². The molecule has 2 rings (SSSR count). The van der Waals surface area contributed by atoms with Gasteiger partial charge in [0.1, 0.15) is 0 Å². The van der Waals surface area contributed by atoms with E-state index >= 15 is 0 Å². The van der Waals surface area contributed by atoms with Gasteiger partial charge in [-0.2, -0.15) is 0 Å². The minimum Gasteiger partial charge on any atom is -0.302 e. The van der Waals surface area contributed by atoms with Crippen LogP contribution >= 0.6 is 11.3 Å². The van der Waals surface area contributed by atoms with Crippen molar-refractivity contribution < 1.29 is 9.72 Å². The number of hydrogen-bond acceptors (Lipinski definition) is 5. The van der Waals surface area contributed by atoms with E-state index in [1.807, 2.05) is 0 Å². The molecule has 116 valence electrons. The Morgan fingerprint density at radius 1 is 1.41 bits per heavy atom. The molecular weight excluding hydrogens is 302 g/mol. The van der Waals surface area contributed by atoms with Crippen molar-refractivity contribution in [2.24, 2.45) is 0 Å². The van der Waals surface area contributed by atoms with Gasteiger partial charge in [0.2, 0.25) is 5.91 Å². The zero-order valence-electron chi connectivity index (χ0n) is 12.2. The predicted octanol–water partition coefficient (Wildman–Crippen LogP) is 4.24. The van der Waals surface area contributed by atoms with Crippen molar-refractivity contribution >= 4 is 28.1 Å². The molecule has 1 aromatic carbocycles. The van der Waals surface area contributed by atoms with E-state index in [-0.39, 0.29) is 11.6 Å². The molecule has 0 saturated carbocycles. The molecule has 0 atom stereocenters. The second-order valence-corrected chi connectivity index (χ2v) is 5.71. The van der Waals surface area contributed by atoms with Gasteiger partial charge in [-0.25, -0.2) is 4.98 Å². The SMILES string of the molecule is CCCCCC(=O)Nc1nc(-c2cccc([N+](=O)[O-])c2)cs1. The van der Waals surface area contributed by atoms with Crippen molar-refractivity contribution in [3.63, 3.8) is 0 Å². The van der Waals surface area contributed by atoms with Crippen LogP contribution in [0.4, 0.5) is 10.8 Å². The fourth-order valence-electron chi connectivity index (χ4n) is 1.96. The third-order valence-corrected chi connectivity index (χ3v) is 3.87. The predicted molar refractivity (Wildman–Crippen MR) is 87.0 cm³/mol. The van der Waals surface area contributed by atoms with Crippen LogP contribution in [-0.4, -0.2) is 15.8 Å². The number of amides is 1. The number of non-ortho nitro benzene ring substituents is 1. The fourth-order valence-corrected chi connectivity index (χ4v) is 2.70. The zero-order valence-corrected chi connectivity index (χ0v) is 13.1. The minimum absolute atomic E-state index is 0.0238. The molecule has 7 heteroatoms. The Balaban J connectivity index is 2.03. The lowest BCUT2D eigenvalue weighted by Gasteiger charge is -2.00. The molecule has 0 unspecified atom stereocenters. The van der Waals surface area contributed by atoms with Crippen molar-refractivity contribution in [1.82, 2.24) is 4.98 Å². The van der Waals surface area contributed by atoms with Gasteiger partial charge in [-0.05, 0) is 6.42 Å². The summed E-state index contributed by atoms with van der Waals surface area (Å²) in [5.41, 5.74) is 1.31. The molecule has 0 fully saturated rings. The largest absolute Gasteiger partial charge is 0.302 e. The van der Waals surface area contributed by atoms with Gasteiger partial charge >= 0.3 is 0 Å². The zero-order chi connectivity index (χ0) is 15.9. The van der Waals surface area contributed by atoms with E-state index in [0.29, 0.717) is 22.8 Å². The Hall–Kier alpha value is -2.28. The molecule has 0 radical (unpaired) electrons. The number of nitro benzene ring substituents is 1. The molecule has 0 aliphatic rings. The molecule has 1 amide bonds. The second kappa shape index (κ2) is 7.65. The summed E-state index contributed by atoms with van der Waals surface area (Å²) in [5.74, 6) is -0.0478. The first kappa shape index (κ1) is 16.1. The first-order valence-electron chi connectivity index (χ1n) is 7.10. The molecular formula is C15H17N3O3S. The van der Waals surface area contributed by atoms with Gasteiger partial charge in [-0.15, -0.1) is 11.3 Å². The molecule has 6 nitrogen and oxygen atoms in total. The lowest BCUT2D eigenvalue weighted by Crippen LogP contribution is -2.10. The van der Waals surface area contributed by atoms with Crippen molar-refractivity contribution in [1.29, 1.82) is 0 Å². The van der Waals surface area contributed by atoms with Gasteiger partial charge in [0, 0.05) is 29.5 Å². The number of carbonyl (C=O) groups excluding carboxylic acids is 1. The van der Waals surface area contributed by atoms with E-state index in [9.17, 15) is 14.9 Å². The lowest BCUT2D eigenvalue weighted by atomic mass is 10.1. The normalized spacial score (nSPS) is 10.4. The highest BCUT2D eigenvalue weighted by Crippen LogP contribution is 2.27. The van der Waals surface area contributed by atoms with Crippen LogP contribution < -0.4 is 5.32 Å². The maximum atomic E-state index is 11.7. The van der Waals surface area contributed by atoms with Crippen LogP contribution in [0.15, 0.2) is 29.6 Å². The summed E-state index contributed by atoms with van der Waals surface area (Å²) in [6, 6.07) is 6.29. The van der Waals surface area contributed by atoms with E-state index in [4.69, 9.17) is 0 Å².